The zero-order valence-corrected chi connectivity index (χ0v) is 14.5. The molecule has 1 aliphatic rings. The van der Waals surface area contributed by atoms with Crippen LogP contribution in [0.5, 0.6) is 5.75 Å². The van der Waals surface area contributed by atoms with Gasteiger partial charge in [-0.2, -0.15) is 0 Å². The largest absolute Gasteiger partial charge is 0.497 e. The molecule has 0 aromatic heterocycles. The molecule has 0 bridgehead atoms. The van der Waals surface area contributed by atoms with Gasteiger partial charge in [0, 0.05) is 24.8 Å². The maximum atomic E-state index is 12.6. The summed E-state index contributed by atoms with van der Waals surface area (Å²) in [6.07, 6.45) is 5.09. The van der Waals surface area contributed by atoms with Crippen LogP contribution in [0.15, 0.2) is 54.6 Å². The van der Waals surface area contributed by atoms with Gasteiger partial charge in [0.25, 0.3) is 5.69 Å². The first-order valence-corrected chi connectivity index (χ1v) is 8.45. The molecule has 3 rings (SSSR count). The van der Waals surface area contributed by atoms with Crippen LogP contribution < -0.4 is 4.74 Å². The predicted octanol–water partition coefficient (Wildman–Crippen LogP) is 3.98. The molecule has 134 valence electrons. The van der Waals surface area contributed by atoms with Gasteiger partial charge in [-0.05, 0) is 54.3 Å². The first-order chi connectivity index (χ1) is 12.6. The van der Waals surface area contributed by atoms with Crippen molar-refractivity contribution in [1.82, 2.24) is 4.90 Å². The second-order valence-electron chi connectivity index (χ2n) is 6.15. The van der Waals surface area contributed by atoms with E-state index in [1.165, 1.54) is 18.2 Å². The van der Waals surface area contributed by atoms with Crippen LogP contribution >= 0.6 is 0 Å². The summed E-state index contributed by atoms with van der Waals surface area (Å²) in [5.41, 5.74) is 1.85. The lowest BCUT2D eigenvalue weighted by molar-refractivity contribution is -0.384. The number of hydrogen-bond donors (Lipinski definition) is 0. The SMILES string of the molecule is COc1cccc(C2CCCN2C(=O)/C=C/c2ccc([N+](=O)[O-])cc2)c1. The third-order valence-electron chi connectivity index (χ3n) is 4.54. The van der Waals surface area contributed by atoms with Crippen LogP contribution in [0.4, 0.5) is 5.69 Å². The number of nitrogens with zero attached hydrogens (tertiary/aromatic N) is 2. The van der Waals surface area contributed by atoms with Crippen molar-refractivity contribution in [2.75, 3.05) is 13.7 Å². The molecule has 1 aliphatic heterocycles. The monoisotopic (exact) mass is 352 g/mol. The van der Waals surface area contributed by atoms with E-state index in [2.05, 4.69) is 0 Å². The number of likely N-dealkylation sites (tertiary alicyclic amines) is 1. The van der Waals surface area contributed by atoms with Gasteiger partial charge in [0.15, 0.2) is 0 Å². The summed E-state index contributed by atoms with van der Waals surface area (Å²) in [7, 11) is 1.63. The van der Waals surface area contributed by atoms with Gasteiger partial charge in [-0.3, -0.25) is 14.9 Å². The molecule has 6 heteroatoms. The van der Waals surface area contributed by atoms with Gasteiger partial charge >= 0.3 is 0 Å². The number of non-ortho nitro benzene ring substituents is 1. The molecule has 6 nitrogen and oxygen atoms in total. The van der Waals surface area contributed by atoms with Crippen molar-refractivity contribution in [3.63, 3.8) is 0 Å². The topological polar surface area (TPSA) is 72.7 Å². The van der Waals surface area contributed by atoms with E-state index in [-0.39, 0.29) is 17.6 Å². The smallest absolute Gasteiger partial charge is 0.269 e. The minimum atomic E-state index is -0.443. The van der Waals surface area contributed by atoms with Crippen LogP contribution in [0.3, 0.4) is 0 Å². The van der Waals surface area contributed by atoms with E-state index in [1.807, 2.05) is 29.2 Å². The number of hydrogen-bond acceptors (Lipinski definition) is 4. The molecule has 1 fully saturated rings. The van der Waals surface area contributed by atoms with E-state index in [1.54, 1.807) is 25.3 Å². The number of nitro benzene ring substituents is 1. The molecule has 0 N–H and O–H groups in total. The zero-order chi connectivity index (χ0) is 18.5. The number of nitro groups is 1. The van der Waals surface area contributed by atoms with Crippen molar-refractivity contribution in [3.8, 4) is 5.75 Å². The molecular weight excluding hydrogens is 332 g/mol. The number of methoxy groups -OCH3 is 1. The van der Waals surface area contributed by atoms with Crippen molar-refractivity contribution < 1.29 is 14.5 Å². The number of carbonyl (C=O) groups excluding carboxylic acids is 1. The lowest BCUT2D eigenvalue weighted by atomic mass is 10.0. The fourth-order valence-electron chi connectivity index (χ4n) is 3.20. The van der Waals surface area contributed by atoms with Crippen LogP contribution in [0.2, 0.25) is 0 Å². The van der Waals surface area contributed by atoms with Crippen LogP contribution in [-0.2, 0) is 4.79 Å². The Morgan fingerprint density at radius 1 is 1.27 bits per heavy atom. The molecule has 26 heavy (non-hydrogen) atoms. The van der Waals surface area contributed by atoms with E-state index in [0.29, 0.717) is 6.54 Å². The Morgan fingerprint density at radius 3 is 2.73 bits per heavy atom. The molecule has 0 spiro atoms. The van der Waals surface area contributed by atoms with E-state index in [9.17, 15) is 14.9 Å². The standard InChI is InChI=1S/C20H20N2O4/c1-26-18-5-2-4-16(14-18)19-6-3-13-21(19)20(23)12-9-15-7-10-17(11-8-15)22(24)25/h2,4-5,7-12,14,19H,3,6,13H2,1H3/b12-9+. The Balaban J connectivity index is 1.72. The molecule has 2 aromatic rings. The predicted molar refractivity (Wildman–Crippen MR) is 98.8 cm³/mol. The molecule has 1 saturated heterocycles. The highest BCUT2D eigenvalue weighted by Crippen LogP contribution is 2.33. The fourth-order valence-corrected chi connectivity index (χ4v) is 3.20. The van der Waals surface area contributed by atoms with Crippen LogP contribution in [0.1, 0.15) is 30.0 Å². The van der Waals surface area contributed by atoms with Gasteiger partial charge in [0.05, 0.1) is 18.1 Å². The third-order valence-corrected chi connectivity index (χ3v) is 4.54. The van der Waals surface area contributed by atoms with Crippen LogP contribution in [0, 0.1) is 10.1 Å². The number of rotatable bonds is 5. The lowest BCUT2D eigenvalue weighted by Crippen LogP contribution is -2.28. The molecule has 2 aromatic carbocycles. The molecule has 1 amide bonds. The molecule has 0 aliphatic carbocycles. The second kappa shape index (κ2) is 7.82. The number of carbonyl (C=O) groups is 1. The lowest BCUT2D eigenvalue weighted by Gasteiger charge is -2.24. The summed E-state index contributed by atoms with van der Waals surface area (Å²) in [6, 6.07) is 14.0. The average Bonchev–Trinajstić information content (AvgIpc) is 3.16. The minimum Gasteiger partial charge on any atom is -0.497 e. The molecule has 0 radical (unpaired) electrons. The first kappa shape index (κ1) is 17.7. The summed E-state index contributed by atoms with van der Waals surface area (Å²) < 4.78 is 5.28. The van der Waals surface area contributed by atoms with Gasteiger partial charge in [0.2, 0.25) is 5.91 Å². The van der Waals surface area contributed by atoms with Crippen LogP contribution in [0.25, 0.3) is 6.08 Å². The van der Waals surface area contributed by atoms with E-state index in [0.717, 1.165) is 29.7 Å². The highest BCUT2D eigenvalue weighted by molar-refractivity contribution is 5.92. The van der Waals surface area contributed by atoms with Gasteiger partial charge in [-0.15, -0.1) is 0 Å². The van der Waals surface area contributed by atoms with Crippen molar-refractivity contribution >= 4 is 17.7 Å². The normalized spacial score (nSPS) is 16.8. The van der Waals surface area contributed by atoms with Crippen molar-refractivity contribution in [1.29, 1.82) is 0 Å². The Hall–Kier alpha value is -3.15. The minimum absolute atomic E-state index is 0.0334. The Kier molecular flexibility index (Phi) is 5.31. The quantitative estimate of drug-likeness (QED) is 0.463. The maximum absolute atomic E-state index is 12.6. The number of benzene rings is 2. The third kappa shape index (κ3) is 3.91. The van der Waals surface area contributed by atoms with Gasteiger partial charge < -0.3 is 9.64 Å². The van der Waals surface area contributed by atoms with E-state index < -0.39 is 4.92 Å². The number of ether oxygens (including phenoxy) is 1. The summed E-state index contributed by atoms with van der Waals surface area (Å²) >= 11 is 0. The average molecular weight is 352 g/mol. The molecule has 1 unspecified atom stereocenters. The molecule has 0 saturated carbocycles. The molecule has 1 heterocycles. The van der Waals surface area contributed by atoms with Crippen molar-refractivity contribution in [2.45, 2.75) is 18.9 Å². The second-order valence-corrected chi connectivity index (χ2v) is 6.15. The van der Waals surface area contributed by atoms with E-state index >= 15 is 0 Å². The highest BCUT2D eigenvalue weighted by atomic mass is 16.6. The molecule has 1 atom stereocenters. The Bertz CT molecular complexity index is 830. The summed E-state index contributed by atoms with van der Waals surface area (Å²) in [5.74, 6) is 0.719. The number of amides is 1. The van der Waals surface area contributed by atoms with Crippen molar-refractivity contribution in [2.24, 2.45) is 0 Å². The maximum Gasteiger partial charge on any atom is 0.269 e. The first-order valence-electron chi connectivity index (χ1n) is 8.45. The van der Waals surface area contributed by atoms with Gasteiger partial charge in [-0.25, -0.2) is 0 Å². The fraction of sp³-hybridized carbons (Fsp3) is 0.250. The summed E-state index contributed by atoms with van der Waals surface area (Å²) in [5, 5.41) is 10.7. The van der Waals surface area contributed by atoms with Gasteiger partial charge in [-0.1, -0.05) is 12.1 Å². The Morgan fingerprint density at radius 2 is 2.04 bits per heavy atom. The molecular formula is C20H20N2O4. The van der Waals surface area contributed by atoms with E-state index in [4.69, 9.17) is 4.74 Å². The summed E-state index contributed by atoms with van der Waals surface area (Å²) in [4.78, 5) is 24.7. The van der Waals surface area contributed by atoms with Crippen LogP contribution in [-0.4, -0.2) is 29.4 Å². The highest BCUT2D eigenvalue weighted by Gasteiger charge is 2.28. The summed E-state index contributed by atoms with van der Waals surface area (Å²) in [6.45, 7) is 0.714. The Labute approximate surface area is 151 Å². The van der Waals surface area contributed by atoms with Gasteiger partial charge in [0.1, 0.15) is 5.75 Å². The zero-order valence-electron chi connectivity index (χ0n) is 14.5. The van der Waals surface area contributed by atoms with Crippen molar-refractivity contribution in [3.05, 3.63) is 75.8 Å².